The van der Waals surface area contributed by atoms with Gasteiger partial charge in [-0.1, -0.05) is 20.8 Å². The molecule has 0 aromatic rings. The van der Waals surface area contributed by atoms with Crippen LogP contribution in [0.5, 0.6) is 0 Å². The lowest BCUT2D eigenvalue weighted by molar-refractivity contribution is -0.337. The maximum absolute atomic E-state index is 14.2. The average Bonchev–Trinajstić information content (AvgIpc) is 3.45. The van der Waals surface area contributed by atoms with Crippen molar-refractivity contribution in [1.82, 2.24) is 4.90 Å². The first-order chi connectivity index (χ1) is 22.7. The standard InChI is InChI=1S/C37H63NO11/c1-14-26-34(8)16-19(2)37(48-34)20(3)17-36(10,49-37)31(47-33-28(39)25(38(11)12)15-21(4)43-33)22(5)29(23(6)32(41)45-26)46-27-18-35(9,42-13)30(40)24(7)44-27/h16,20-31,33,39-40H,14-15,17-18H2,1-13H3/t20-,21-,22+,23-,24+,25+,26-,27?,28-,29+,30+,31-,33?,34+,35-,36-,37-/m1/s1. The molecule has 5 aliphatic heterocycles. The molecule has 12 heteroatoms. The Hall–Kier alpha value is -1.19. The van der Waals surface area contributed by atoms with E-state index in [0.29, 0.717) is 19.3 Å². The first-order valence-electron chi connectivity index (χ1n) is 18.2. The highest BCUT2D eigenvalue weighted by molar-refractivity contribution is 5.73. The number of rotatable bonds is 7. The molecule has 0 saturated carbocycles. The minimum absolute atomic E-state index is 0.0864. The topological polar surface area (TPSA) is 135 Å². The van der Waals surface area contributed by atoms with Crippen LogP contribution in [0, 0.1) is 17.8 Å². The largest absolute Gasteiger partial charge is 0.459 e. The van der Waals surface area contributed by atoms with Crippen molar-refractivity contribution in [3.8, 4) is 0 Å². The third kappa shape index (κ3) is 6.89. The van der Waals surface area contributed by atoms with E-state index in [4.69, 9.17) is 37.9 Å². The van der Waals surface area contributed by atoms with Crippen LogP contribution in [0.3, 0.4) is 0 Å². The Morgan fingerprint density at radius 2 is 1.67 bits per heavy atom. The second-order valence-electron chi connectivity index (χ2n) is 16.4. The summed E-state index contributed by atoms with van der Waals surface area (Å²) >= 11 is 0. The van der Waals surface area contributed by atoms with E-state index in [1.54, 1.807) is 21.0 Å². The van der Waals surface area contributed by atoms with E-state index in [-0.39, 0.29) is 24.5 Å². The summed E-state index contributed by atoms with van der Waals surface area (Å²) in [5.74, 6) is -2.88. The highest BCUT2D eigenvalue weighted by atomic mass is 16.8. The van der Waals surface area contributed by atoms with Gasteiger partial charge < -0.3 is 53.0 Å². The van der Waals surface area contributed by atoms with Crippen LogP contribution in [0.15, 0.2) is 11.6 Å². The van der Waals surface area contributed by atoms with Crippen molar-refractivity contribution >= 4 is 5.97 Å². The van der Waals surface area contributed by atoms with Gasteiger partial charge in [0.25, 0.3) is 0 Å². The van der Waals surface area contributed by atoms with Crippen molar-refractivity contribution in [2.75, 3.05) is 21.2 Å². The van der Waals surface area contributed by atoms with Gasteiger partial charge in [0.2, 0.25) is 0 Å². The number of hydrogen-bond donors (Lipinski definition) is 2. The van der Waals surface area contributed by atoms with Crippen LogP contribution in [0.4, 0.5) is 0 Å². The number of likely N-dealkylation sites (N-methyl/N-ethyl adjacent to an activating group) is 1. The van der Waals surface area contributed by atoms with Crippen LogP contribution in [-0.4, -0.2) is 126 Å². The first-order valence-corrected chi connectivity index (χ1v) is 18.2. The van der Waals surface area contributed by atoms with Gasteiger partial charge in [0.1, 0.15) is 23.9 Å². The van der Waals surface area contributed by atoms with E-state index in [0.717, 1.165) is 5.57 Å². The highest BCUT2D eigenvalue weighted by Gasteiger charge is 2.65. The molecule has 0 amide bonds. The van der Waals surface area contributed by atoms with E-state index in [1.807, 2.05) is 73.5 Å². The molecule has 4 fully saturated rings. The lowest BCUT2D eigenvalue weighted by Crippen LogP contribution is -2.61. The summed E-state index contributed by atoms with van der Waals surface area (Å²) in [5, 5.41) is 22.5. The van der Waals surface area contributed by atoms with Gasteiger partial charge >= 0.3 is 5.97 Å². The lowest BCUT2D eigenvalue weighted by atomic mass is 9.78. The zero-order valence-corrected chi connectivity index (χ0v) is 31.9. The number of nitrogens with zero attached hydrogens (tertiary/aromatic N) is 1. The molecule has 0 aromatic carbocycles. The number of hydrogen-bond acceptors (Lipinski definition) is 12. The number of methoxy groups -OCH3 is 1. The number of esters is 1. The highest BCUT2D eigenvalue weighted by Crippen LogP contribution is 2.56. The number of cyclic esters (lactones) is 1. The van der Waals surface area contributed by atoms with Gasteiger partial charge in [-0.05, 0) is 93.5 Å². The van der Waals surface area contributed by atoms with Gasteiger partial charge in [-0.2, -0.15) is 0 Å². The number of carbonyl (C=O) groups is 1. The Labute approximate surface area is 293 Å². The molecule has 4 saturated heterocycles. The van der Waals surface area contributed by atoms with Crippen LogP contribution >= 0.6 is 0 Å². The van der Waals surface area contributed by atoms with Crippen LogP contribution < -0.4 is 0 Å². The van der Waals surface area contributed by atoms with E-state index < -0.39 is 89.6 Å². The number of carbonyl (C=O) groups excluding carboxylic acids is 1. The molecule has 5 aliphatic rings. The Bertz CT molecular complexity index is 1230. The quantitative estimate of drug-likeness (QED) is 0.295. The fourth-order valence-corrected chi connectivity index (χ4v) is 9.37. The number of aliphatic hydroxyl groups is 2. The molecule has 17 atom stereocenters. The summed E-state index contributed by atoms with van der Waals surface area (Å²) in [6.45, 7) is 19.4. The van der Waals surface area contributed by atoms with Crippen LogP contribution in [0.1, 0.15) is 94.9 Å². The fourth-order valence-electron chi connectivity index (χ4n) is 9.37. The zero-order valence-electron chi connectivity index (χ0n) is 31.9. The predicted octanol–water partition coefficient (Wildman–Crippen LogP) is 3.94. The van der Waals surface area contributed by atoms with E-state index >= 15 is 0 Å². The van der Waals surface area contributed by atoms with Gasteiger partial charge in [0.15, 0.2) is 18.4 Å². The van der Waals surface area contributed by atoms with E-state index in [1.165, 1.54) is 0 Å². The molecular formula is C37H63NO11. The minimum atomic E-state index is -1.07. The number of ether oxygens (including phenoxy) is 8. The van der Waals surface area contributed by atoms with Crippen molar-refractivity contribution in [3.05, 3.63) is 11.6 Å². The Morgan fingerprint density at radius 1 is 1.00 bits per heavy atom. The van der Waals surface area contributed by atoms with E-state index in [2.05, 4.69) is 6.92 Å². The van der Waals surface area contributed by atoms with Crippen molar-refractivity contribution in [2.24, 2.45) is 17.8 Å². The SMILES string of the molecule is CC[C@H]1OC(=O)[C@H](C)[C@@H](OC2C[C@@](C)(OC)[C@@H](O)[C@H](C)O2)[C@H](C)[C@@H](OC2O[C@H](C)C[C@H](N(C)C)[C@H]2O)[C@@]2(C)C[C@@H](C)[C@@]3(O2)O[C@@]1(C)C=C3C. The summed E-state index contributed by atoms with van der Waals surface area (Å²) < 4.78 is 52.5. The van der Waals surface area contributed by atoms with Crippen LogP contribution in [0.2, 0.25) is 0 Å². The number of aliphatic hydroxyl groups excluding tert-OH is 2. The average molecular weight is 698 g/mol. The molecule has 5 rings (SSSR count). The van der Waals surface area contributed by atoms with Crippen LogP contribution in [-0.2, 0) is 42.7 Å². The molecule has 282 valence electrons. The molecule has 2 N–H and O–H groups in total. The van der Waals surface area contributed by atoms with Crippen molar-refractivity contribution in [2.45, 2.75) is 179 Å². The summed E-state index contributed by atoms with van der Waals surface area (Å²) in [4.78, 5) is 16.2. The molecule has 0 aromatic heterocycles. The minimum Gasteiger partial charge on any atom is -0.459 e. The fraction of sp³-hybridized carbons (Fsp3) is 0.919. The van der Waals surface area contributed by atoms with Gasteiger partial charge in [-0.25, -0.2) is 0 Å². The first kappa shape index (κ1) is 39.0. The summed E-state index contributed by atoms with van der Waals surface area (Å²) in [6.07, 6.45) is -2.44. The summed E-state index contributed by atoms with van der Waals surface area (Å²) in [7, 11) is 5.44. The Kier molecular flexibility index (Phi) is 11.1. The Morgan fingerprint density at radius 3 is 2.29 bits per heavy atom. The molecule has 0 radical (unpaired) electrons. The molecule has 1 spiro atoms. The molecule has 3 bridgehead atoms. The number of fused-ring (bicyclic) bond motifs is 2. The third-order valence-electron chi connectivity index (χ3n) is 12.2. The molecule has 49 heavy (non-hydrogen) atoms. The van der Waals surface area contributed by atoms with Gasteiger partial charge in [-0.15, -0.1) is 0 Å². The maximum atomic E-state index is 14.2. The van der Waals surface area contributed by atoms with Crippen molar-refractivity contribution in [3.63, 3.8) is 0 Å². The third-order valence-corrected chi connectivity index (χ3v) is 12.2. The summed E-state index contributed by atoms with van der Waals surface area (Å²) in [5.41, 5.74) is -1.90. The molecule has 2 unspecified atom stereocenters. The second-order valence-corrected chi connectivity index (χ2v) is 16.4. The molecule has 12 nitrogen and oxygen atoms in total. The Balaban J connectivity index is 1.60. The normalized spacial score (nSPS) is 52.4. The van der Waals surface area contributed by atoms with Crippen molar-refractivity contribution in [1.29, 1.82) is 0 Å². The van der Waals surface area contributed by atoms with Crippen molar-refractivity contribution < 1.29 is 52.9 Å². The van der Waals surface area contributed by atoms with Gasteiger partial charge in [-0.3, -0.25) is 4.79 Å². The second kappa shape index (κ2) is 14.0. The zero-order chi connectivity index (χ0) is 36.4. The predicted molar refractivity (Wildman–Crippen MR) is 180 cm³/mol. The lowest BCUT2D eigenvalue weighted by Gasteiger charge is -2.49. The van der Waals surface area contributed by atoms with Crippen LogP contribution in [0.25, 0.3) is 0 Å². The van der Waals surface area contributed by atoms with Gasteiger partial charge in [0, 0.05) is 31.4 Å². The molecule has 5 heterocycles. The smallest absolute Gasteiger partial charge is 0.311 e. The monoisotopic (exact) mass is 697 g/mol. The summed E-state index contributed by atoms with van der Waals surface area (Å²) in [6, 6.07) is -0.191. The van der Waals surface area contributed by atoms with Gasteiger partial charge in [0.05, 0.1) is 41.5 Å². The molecular weight excluding hydrogens is 634 g/mol. The molecule has 0 aliphatic carbocycles. The maximum Gasteiger partial charge on any atom is 0.311 e. The van der Waals surface area contributed by atoms with E-state index in [9.17, 15) is 15.0 Å².